The summed E-state index contributed by atoms with van der Waals surface area (Å²) in [6.45, 7) is 0.594. The van der Waals surface area contributed by atoms with Gasteiger partial charge in [-0.1, -0.05) is 5.16 Å². The molecule has 3 nitrogen and oxygen atoms in total. The van der Waals surface area contributed by atoms with Gasteiger partial charge in [0, 0.05) is 16.7 Å². The third-order valence-electron chi connectivity index (χ3n) is 2.05. The molecular formula is C9H6N2OS. The predicted molar refractivity (Wildman–Crippen MR) is 51.1 cm³/mol. The van der Waals surface area contributed by atoms with Crippen LogP contribution in [0.5, 0.6) is 0 Å². The molecular weight excluding hydrogens is 184 g/mol. The van der Waals surface area contributed by atoms with Crippen molar-refractivity contribution in [2.24, 2.45) is 4.99 Å². The Morgan fingerprint density at radius 2 is 2.46 bits per heavy atom. The molecule has 13 heavy (non-hydrogen) atoms. The van der Waals surface area contributed by atoms with E-state index in [1.165, 1.54) is 4.88 Å². The van der Waals surface area contributed by atoms with E-state index in [9.17, 15) is 0 Å². The van der Waals surface area contributed by atoms with Crippen molar-refractivity contribution in [1.29, 1.82) is 0 Å². The Labute approximate surface area is 78.7 Å². The molecule has 0 aromatic carbocycles. The van der Waals surface area contributed by atoms with Gasteiger partial charge in [0.2, 0.25) is 0 Å². The topological polar surface area (TPSA) is 38.4 Å². The van der Waals surface area contributed by atoms with Gasteiger partial charge in [-0.05, 0) is 11.4 Å². The zero-order valence-corrected chi connectivity index (χ0v) is 7.54. The van der Waals surface area contributed by atoms with E-state index in [0.717, 1.165) is 16.9 Å². The first-order chi connectivity index (χ1) is 6.45. The second-order valence-corrected chi connectivity index (χ2v) is 3.75. The minimum Gasteiger partial charge on any atom is -0.359 e. The van der Waals surface area contributed by atoms with Crippen molar-refractivity contribution in [3.63, 3.8) is 0 Å². The van der Waals surface area contributed by atoms with E-state index < -0.39 is 0 Å². The van der Waals surface area contributed by atoms with E-state index >= 15 is 0 Å². The molecule has 0 aliphatic carbocycles. The Bertz CT molecular complexity index is 469. The Balaban J connectivity index is 2.34. The number of rotatable bonds is 0. The number of aliphatic imine (C=N–C) groups is 1. The van der Waals surface area contributed by atoms with E-state index in [1.807, 2.05) is 6.21 Å². The van der Waals surface area contributed by atoms with Crippen LogP contribution in [-0.2, 0) is 6.54 Å². The average molecular weight is 190 g/mol. The molecule has 1 aliphatic rings. The van der Waals surface area contributed by atoms with E-state index in [1.54, 1.807) is 17.5 Å². The Kier molecular flexibility index (Phi) is 1.37. The van der Waals surface area contributed by atoms with Crippen molar-refractivity contribution < 1.29 is 4.52 Å². The molecule has 0 atom stereocenters. The molecule has 2 aromatic heterocycles. The molecule has 0 radical (unpaired) electrons. The lowest BCUT2D eigenvalue weighted by molar-refractivity contribution is 0.386. The summed E-state index contributed by atoms with van der Waals surface area (Å²) in [4.78, 5) is 5.45. The first-order valence-corrected chi connectivity index (χ1v) is 4.84. The van der Waals surface area contributed by atoms with Crippen LogP contribution in [0.2, 0.25) is 0 Å². The Hall–Kier alpha value is -1.42. The summed E-state index contributed by atoms with van der Waals surface area (Å²) >= 11 is 1.69. The van der Waals surface area contributed by atoms with Gasteiger partial charge in [-0.3, -0.25) is 4.99 Å². The van der Waals surface area contributed by atoms with Crippen LogP contribution in [0.25, 0.3) is 10.4 Å². The lowest BCUT2D eigenvalue weighted by Gasteiger charge is -1.92. The molecule has 0 saturated carbocycles. The van der Waals surface area contributed by atoms with Gasteiger partial charge in [-0.15, -0.1) is 11.3 Å². The van der Waals surface area contributed by atoms with Gasteiger partial charge in [0.15, 0.2) is 5.76 Å². The molecule has 0 unspecified atom stereocenters. The van der Waals surface area contributed by atoms with E-state index in [0.29, 0.717) is 6.54 Å². The van der Waals surface area contributed by atoms with Crippen molar-refractivity contribution in [1.82, 2.24) is 5.16 Å². The van der Waals surface area contributed by atoms with E-state index in [2.05, 4.69) is 21.6 Å². The number of hydrogen-bond donors (Lipinski definition) is 0. The van der Waals surface area contributed by atoms with Crippen LogP contribution in [0, 0.1) is 0 Å². The van der Waals surface area contributed by atoms with Gasteiger partial charge >= 0.3 is 0 Å². The maximum atomic E-state index is 5.11. The highest BCUT2D eigenvalue weighted by Gasteiger charge is 2.16. The highest BCUT2D eigenvalue weighted by Crippen LogP contribution is 2.33. The standard InChI is InChI=1S/C9H6N2OS/c1-2-13-9-6(1)3-10-5-8-7(9)4-11-12-8/h1-4H,5H2. The van der Waals surface area contributed by atoms with E-state index in [4.69, 9.17) is 4.52 Å². The second-order valence-electron chi connectivity index (χ2n) is 2.84. The monoisotopic (exact) mass is 190 g/mol. The maximum Gasteiger partial charge on any atom is 0.166 e. The molecule has 3 heterocycles. The van der Waals surface area contributed by atoms with Crippen molar-refractivity contribution >= 4 is 17.6 Å². The summed E-state index contributed by atoms with van der Waals surface area (Å²) in [6.07, 6.45) is 3.65. The second kappa shape index (κ2) is 2.53. The van der Waals surface area contributed by atoms with E-state index in [-0.39, 0.29) is 0 Å². The van der Waals surface area contributed by atoms with Crippen LogP contribution in [-0.4, -0.2) is 11.4 Å². The number of thiophene rings is 1. The zero-order valence-electron chi connectivity index (χ0n) is 6.73. The first-order valence-electron chi connectivity index (χ1n) is 3.96. The van der Waals surface area contributed by atoms with Gasteiger partial charge in [0.25, 0.3) is 0 Å². The van der Waals surface area contributed by atoms with Crippen molar-refractivity contribution in [3.05, 3.63) is 29.0 Å². The molecule has 3 rings (SSSR count). The van der Waals surface area contributed by atoms with Gasteiger partial charge in [-0.2, -0.15) is 0 Å². The van der Waals surface area contributed by atoms with Crippen LogP contribution in [0.1, 0.15) is 11.3 Å². The smallest absolute Gasteiger partial charge is 0.166 e. The van der Waals surface area contributed by atoms with Gasteiger partial charge in [-0.25, -0.2) is 0 Å². The highest BCUT2D eigenvalue weighted by atomic mass is 32.1. The fourth-order valence-electron chi connectivity index (χ4n) is 1.43. The van der Waals surface area contributed by atoms with Gasteiger partial charge in [0.1, 0.15) is 6.54 Å². The molecule has 0 spiro atoms. The van der Waals surface area contributed by atoms with Crippen LogP contribution in [0.3, 0.4) is 0 Å². The minimum absolute atomic E-state index is 0.594. The molecule has 64 valence electrons. The molecule has 4 heteroatoms. The third-order valence-corrected chi connectivity index (χ3v) is 3.01. The number of nitrogens with zero attached hydrogens (tertiary/aromatic N) is 2. The van der Waals surface area contributed by atoms with Gasteiger partial charge in [0.05, 0.1) is 11.8 Å². The van der Waals surface area contributed by atoms with Crippen LogP contribution in [0.4, 0.5) is 0 Å². The largest absolute Gasteiger partial charge is 0.359 e. The van der Waals surface area contributed by atoms with Crippen LogP contribution >= 0.6 is 11.3 Å². The summed E-state index contributed by atoms with van der Waals surface area (Å²) in [5, 5.41) is 5.84. The van der Waals surface area contributed by atoms with Crippen molar-refractivity contribution in [3.8, 4) is 10.4 Å². The average Bonchev–Trinajstić information content (AvgIpc) is 2.72. The van der Waals surface area contributed by atoms with Crippen molar-refractivity contribution in [2.75, 3.05) is 0 Å². The number of fused-ring (bicyclic) bond motifs is 3. The molecule has 0 fully saturated rings. The Morgan fingerprint density at radius 1 is 1.46 bits per heavy atom. The van der Waals surface area contributed by atoms with Crippen LogP contribution in [0.15, 0.2) is 27.2 Å². The minimum atomic E-state index is 0.594. The third kappa shape index (κ3) is 0.954. The summed E-state index contributed by atoms with van der Waals surface area (Å²) in [5.41, 5.74) is 2.24. The summed E-state index contributed by atoms with van der Waals surface area (Å²) in [5.74, 6) is 0.859. The number of hydrogen-bond acceptors (Lipinski definition) is 4. The molecule has 2 aromatic rings. The lowest BCUT2D eigenvalue weighted by Crippen LogP contribution is -1.77. The molecule has 0 amide bonds. The number of aromatic nitrogens is 1. The van der Waals surface area contributed by atoms with Crippen LogP contribution < -0.4 is 0 Å². The quantitative estimate of drug-likeness (QED) is 0.639. The maximum absolute atomic E-state index is 5.11. The molecule has 0 bridgehead atoms. The fraction of sp³-hybridized carbons (Fsp3) is 0.111. The fourth-order valence-corrected chi connectivity index (χ4v) is 2.33. The summed E-state index contributed by atoms with van der Waals surface area (Å²) in [7, 11) is 0. The van der Waals surface area contributed by atoms with Crippen molar-refractivity contribution in [2.45, 2.75) is 6.54 Å². The lowest BCUT2D eigenvalue weighted by atomic mass is 10.2. The van der Waals surface area contributed by atoms with Gasteiger partial charge < -0.3 is 4.52 Å². The summed E-state index contributed by atoms with van der Waals surface area (Å²) < 4.78 is 5.11. The Morgan fingerprint density at radius 3 is 3.46 bits per heavy atom. The summed E-state index contributed by atoms with van der Waals surface area (Å²) in [6, 6.07) is 2.06. The normalized spacial score (nSPS) is 13.5. The SMILES string of the molecule is C1=NCc2oncc2-c2sccc21. The molecule has 0 N–H and O–H groups in total. The molecule has 0 saturated heterocycles. The first kappa shape index (κ1) is 7.03. The predicted octanol–water partition coefficient (Wildman–Crippen LogP) is 2.34. The molecule has 1 aliphatic heterocycles. The highest BCUT2D eigenvalue weighted by molar-refractivity contribution is 7.14. The zero-order chi connectivity index (χ0) is 8.67.